The molecule has 1 saturated carbocycles. The molecule has 1 saturated heterocycles. The predicted molar refractivity (Wildman–Crippen MR) is 131 cm³/mol. The topological polar surface area (TPSA) is 66.1 Å². The molecule has 2 heterocycles. The first-order valence-electron chi connectivity index (χ1n) is 12.2. The summed E-state index contributed by atoms with van der Waals surface area (Å²) in [5.74, 6) is 0.942. The average molecular weight is 463 g/mol. The van der Waals surface area contributed by atoms with Gasteiger partial charge in [0.2, 0.25) is 0 Å². The van der Waals surface area contributed by atoms with Crippen LogP contribution in [0, 0.1) is 0 Å². The van der Waals surface area contributed by atoms with Crippen molar-refractivity contribution in [2.24, 2.45) is 0 Å². The quantitative estimate of drug-likeness (QED) is 0.629. The number of hydrogen-bond acceptors (Lipinski definition) is 6. The van der Waals surface area contributed by atoms with Gasteiger partial charge in [-0.3, -0.25) is 4.79 Å². The number of methoxy groups -OCH3 is 1. The minimum absolute atomic E-state index is 0.00592. The molecule has 2 aromatic carbocycles. The van der Waals surface area contributed by atoms with Gasteiger partial charge >= 0.3 is 0 Å². The van der Waals surface area contributed by atoms with Crippen LogP contribution in [0.15, 0.2) is 66.5 Å². The van der Waals surface area contributed by atoms with Gasteiger partial charge in [-0.2, -0.15) is 0 Å². The van der Waals surface area contributed by atoms with E-state index in [9.17, 15) is 4.79 Å². The molecule has 0 aromatic heterocycles. The number of amides is 1. The molecule has 2 aliphatic heterocycles. The first-order valence-corrected chi connectivity index (χ1v) is 12.2. The van der Waals surface area contributed by atoms with Gasteiger partial charge in [0.1, 0.15) is 18.0 Å². The molecule has 2 fully saturated rings. The number of nitrogens with zero attached hydrogens (tertiary/aromatic N) is 2. The van der Waals surface area contributed by atoms with Crippen molar-refractivity contribution in [1.82, 2.24) is 20.4 Å². The molecular weight excluding hydrogens is 428 g/mol. The van der Waals surface area contributed by atoms with Gasteiger partial charge in [-0.05, 0) is 43.0 Å². The smallest absolute Gasteiger partial charge is 0.253 e. The minimum Gasteiger partial charge on any atom is -0.497 e. The van der Waals surface area contributed by atoms with E-state index in [-0.39, 0.29) is 18.1 Å². The molecule has 34 heavy (non-hydrogen) atoms. The summed E-state index contributed by atoms with van der Waals surface area (Å²) in [7, 11) is 1.69. The Balaban J connectivity index is 1.40. The van der Waals surface area contributed by atoms with E-state index in [1.54, 1.807) is 7.11 Å². The number of carbonyl (C=O) groups is 1. The predicted octanol–water partition coefficient (Wildman–Crippen LogP) is 3.01. The Morgan fingerprint density at radius 2 is 2.03 bits per heavy atom. The van der Waals surface area contributed by atoms with E-state index < -0.39 is 6.10 Å². The largest absolute Gasteiger partial charge is 0.497 e. The molecular formula is C27H34N4O3. The minimum atomic E-state index is -0.406. The molecule has 3 atom stereocenters. The van der Waals surface area contributed by atoms with Crippen LogP contribution < -0.4 is 15.4 Å². The molecule has 5 rings (SSSR count). The van der Waals surface area contributed by atoms with Gasteiger partial charge in [0.25, 0.3) is 5.91 Å². The Bertz CT molecular complexity index is 1020. The SMILES string of the molecule is COc1cccc(CN2C=C([C@@H](C)N(C(=O)[C@H]3CNCCO3)C3CC3)NC2c2ccccc2)c1. The molecule has 0 radical (unpaired) electrons. The van der Waals surface area contributed by atoms with Crippen LogP contribution in [0.2, 0.25) is 0 Å². The lowest BCUT2D eigenvalue weighted by Gasteiger charge is -2.35. The molecule has 2 aromatic rings. The molecule has 180 valence electrons. The van der Waals surface area contributed by atoms with Crippen LogP contribution >= 0.6 is 0 Å². The Labute approximate surface area is 201 Å². The third-order valence-corrected chi connectivity index (χ3v) is 6.82. The van der Waals surface area contributed by atoms with Crippen LogP contribution in [0.4, 0.5) is 0 Å². The van der Waals surface area contributed by atoms with E-state index in [4.69, 9.17) is 9.47 Å². The number of morpholine rings is 1. The van der Waals surface area contributed by atoms with Crippen LogP contribution in [-0.2, 0) is 16.1 Å². The zero-order valence-electron chi connectivity index (χ0n) is 19.9. The number of rotatable bonds is 8. The third-order valence-electron chi connectivity index (χ3n) is 6.82. The first kappa shape index (κ1) is 22.7. The molecule has 1 amide bonds. The fraction of sp³-hybridized carbons (Fsp3) is 0.444. The van der Waals surface area contributed by atoms with Gasteiger partial charge in [0.15, 0.2) is 0 Å². The van der Waals surface area contributed by atoms with E-state index in [1.165, 1.54) is 11.1 Å². The summed E-state index contributed by atoms with van der Waals surface area (Å²) in [6.45, 7) is 4.81. The van der Waals surface area contributed by atoms with Crippen molar-refractivity contribution in [1.29, 1.82) is 0 Å². The summed E-state index contributed by atoms with van der Waals surface area (Å²) in [4.78, 5) is 17.8. The summed E-state index contributed by atoms with van der Waals surface area (Å²) < 4.78 is 11.2. The lowest BCUT2D eigenvalue weighted by atomic mass is 10.1. The van der Waals surface area contributed by atoms with Crippen molar-refractivity contribution in [3.05, 3.63) is 77.6 Å². The lowest BCUT2D eigenvalue weighted by molar-refractivity contribution is -0.147. The van der Waals surface area contributed by atoms with Crippen molar-refractivity contribution < 1.29 is 14.3 Å². The van der Waals surface area contributed by atoms with Crippen molar-refractivity contribution >= 4 is 5.91 Å². The molecule has 1 aliphatic carbocycles. The van der Waals surface area contributed by atoms with Crippen LogP contribution in [0.3, 0.4) is 0 Å². The summed E-state index contributed by atoms with van der Waals surface area (Å²) in [5, 5.41) is 7.02. The van der Waals surface area contributed by atoms with Gasteiger partial charge in [-0.25, -0.2) is 0 Å². The first-order chi connectivity index (χ1) is 16.6. The molecule has 0 bridgehead atoms. The van der Waals surface area contributed by atoms with Crippen LogP contribution in [0.5, 0.6) is 5.75 Å². The van der Waals surface area contributed by atoms with Crippen molar-refractivity contribution in [3.63, 3.8) is 0 Å². The van der Waals surface area contributed by atoms with Gasteiger partial charge in [-0.15, -0.1) is 0 Å². The van der Waals surface area contributed by atoms with E-state index in [0.717, 1.165) is 37.4 Å². The Morgan fingerprint density at radius 3 is 2.74 bits per heavy atom. The van der Waals surface area contributed by atoms with Crippen LogP contribution in [0.25, 0.3) is 0 Å². The van der Waals surface area contributed by atoms with Gasteiger partial charge < -0.3 is 29.9 Å². The average Bonchev–Trinajstić information content (AvgIpc) is 3.63. The standard InChI is InChI=1S/C27H34N4O3/c1-19(31(22-11-12-22)27(32)25-16-28-13-14-34-25)24-18-30(17-20-7-6-10-23(15-20)33-2)26(29-24)21-8-4-3-5-9-21/h3-10,15,18-19,22,25-26,28-29H,11-14,16-17H2,1-2H3/t19-,25-,26?/m1/s1. The van der Waals surface area contributed by atoms with Crippen molar-refractivity contribution in [2.75, 3.05) is 26.8 Å². The second-order valence-corrected chi connectivity index (χ2v) is 9.28. The highest BCUT2D eigenvalue weighted by Gasteiger charge is 2.42. The molecule has 7 nitrogen and oxygen atoms in total. The third kappa shape index (κ3) is 4.91. The normalized spacial score (nSPS) is 23.1. The number of nitrogens with one attached hydrogen (secondary N) is 2. The molecule has 2 N–H and O–H groups in total. The zero-order valence-corrected chi connectivity index (χ0v) is 19.9. The maximum Gasteiger partial charge on any atom is 0.253 e. The molecule has 3 aliphatic rings. The molecule has 0 spiro atoms. The van der Waals surface area contributed by atoms with E-state index in [1.807, 2.05) is 23.1 Å². The number of carbonyl (C=O) groups excluding carboxylic acids is 1. The Kier molecular flexibility index (Phi) is 6.74. The van der Waals surface area contributed by atoms with Crippen LogP contribution in [0.1, 0.15) is 37.1 Å². The van der Waals surface area contributed by atoms with Gasteiger partial charge in [0, 0.05) is 31.9 Å². The Morgan fingerprint density at radius 1 is 1.21 bits per heavy atom. The summed E-state index contributed by atoms with van der Waals surface area (Å²) in [6, 6.07) is 18.9. The van der Waals surface area contributed by atoms with Gasteiger partial charge in [-0.1, -0.05) is 42.5 Å². The second-order valence-electron chi connectivity index (χ2n) is 9.28. The van der Waals surface area contributed by atoms with Crippen molar-refractivity contribution in [3.8, 4) is 5.75 Å². The maximum atomic E-state index is 13.5. The summed E-state index contributed by atoms with van der Waals surface area (Å²) in [5.41, 5.74) is 3.41. The van der Waals surface area contributed by atoms with E-state index >= 15 is 0 Å². The highest BCUT2D eigenvalue weighted by Crippen LogP contribution is 2.35. The second kappa shape index (κ2) is 10.1. The van der Waals surface area contributed by atoms with Crippen molar-refractivity contribution in [2.45, 2.75) is 50.7 Å². The molecule has 7 heteroatoms. The highest BCUT2D eigenvalue weighted by atomic mass is 16.5. The van der Waals surface area contributed by atoms with Gasteiger partial charge in [0.05, 0.1) is 25.5 Å². The monoisotopic (exact) mass is 462 g/mol. The Hall–Kier alpha value is -3.03. The zero-order chi connectivity index (χ0) is 23.5. The van der Waals surface area contributed by atoms with E-state index in [2.05, 4.69) is 65.1 Å². The summed E-state index contributed by atoms with van der Waals surface area (Å²) in [6.07, 6.45) is 3.88. The summed E-state index contributed by atoms with van der Waals surface area (Å²) >= 11 is 0. The number of benzene rings is 2. The number of hydrogen-bond donors (Lipinski definition) is 2. The highest BCUT2D eigenvalue weighted by molar-refractivity contribution is 5.82. The fourth-order valence-corrected chi connectivity index (χ4v) is 4.87. The van der Waals surface area contributed by atoms with E-state index in [0.29, 0.717) is 19.2 Å². The molecule has 1 unspecified atom stereocenters. The lowest BCUT2D eigenvalue weighted by Crippen LogP contribution is -2.53. The number of ether oxygens (including phenoxy) is 2. The van der Waals surface area contributed by atoms with Crippen LogP contribution in [-0.4, -0.2) is 60.7 Å². The fourth-order valence-electron chi connectivity index (χ4n) is 4.87. The maximum absolute atomic E-state index is 13.5.